The first-order valence-corrected chi connectivity index (χ1v) is 13.0. The van der Waals surface area contributed by atoms with Crippen LogP contribution in [0.1, 0.15) is 31.8 Å². The van der Waals surface area contributed by atoms with Gasteiger partial charge in [-0.2, -0.15) is 0 Å². The van der Waals surface area contributed by atoms with Crippen molar-refractivity contribution in [2.75, 3.05) is 33.9 Å². The van der Waals surface area contributed by atoms with Gasteiger partial charge in [0.25, 0.3) is 17.5 Å². The van der Waals surface area contributed by atoms with Crippen molar-refractivity contribution in [3.05, 3.63) is 129 Å². The fourth-order valence-corrected chi connectivity index (χ4v) is 3.71. The molecule has 0 bridgehead atoms. The minimum atomic E-state index is -0.572. The number of nitro groups is 1. The highest BCUT2D eigenvalue weighted by molar-refractivity contribution is 5.99. The fourth-order valence-electron chi connectivity index (χ4n) is 3.71. The maximum Gasteiger partial charge on any atom is 0.282 e. The highest BCUT2D eigenvalue weighted by Gasteiger charge is 2.22. The Hall–Kier alpha value is -5.38. The minimum Gasteiger partial charge on any atom is -0.489 e. The molecule has 0 saturated heterocycles. The van der Waals surface area contributed by atoms with Gasteiger partial charge >= 0.3 is 0 Å². The molecule has 0 heterocycles. The predicted molar refractivity (Wildman–Crippen MR) is 162 cm³/mol. The number of nitrogens with zero attached hydrogens (tertiary/aromatic N) is 3. The molecule has 0 radical (unpaired) electrons. The van der Waals surface area contributed by atoms with Crippen molar-refractivity contribution >= 4 is 23.2 Å². The number of anilines is 1. The van der Waals surface area contributed by atoms with Gasteiger partial charge in [-0.05, 0) is 41.5 Å². The molecular weight excluding hydrogens is 536 g/mol. The average molecular weight is 571 g/mol. The molecule has 0 aliphatic rings. The third kappa shape index (κ3) is 8.82. The van der Waals surface area contributed by atoms with Crippen molar-refractivity contribution in [1.82, 2.24) is 9.80 Å². The van der Waals surface area contributed by atoms with Gasteiger partial charge in [0, 0.05) is 39.9 Å². The zero-order valence-electron chi connectivity index (χ0n) is 24.0. The van der Waals surface area contributed by atoms with Gasteiger partial charge in [-0.25, -0.2) is 0 Å². The molecule has 0 spiro atoms. The van der Waals surface area contributed by atoms with Gasteiger partial charge in [-0.15, -0.1) is 0 Å². The van der Waals surface area contributed by atoms with E-state index in [0.29, 0.717) is 36.0 Å². The van der Waals surface area contributed by atoms with Crippen LogP contribution in [-0.2, 0) is 13.2 Å². The van der Waals surface area contributed by atoms with E-state index in [4.69, 9.17) is 15.2 Å². The van der Waals surface area contributed by atoms with Gasteiger partial charge in [0.15, 0.2) is 0 Å². The summed E-state index contributed by atoms with van der Waals surface area (Å²) in [7, 11) is 6.48. The molecule has 0 aromatic heterocycles. The number of nitrogen functional groups attached to an aromatic ring is 1. The van der Waals surface area contributed by atoms with Gasteiger partial charge in [-0.1, -0.05) is 60.7 Å². The van der Waals surface area contributed by atoms with Crippen LogP contribution in [0.5, 0.6) is 11.5 Å². The number of rotatable bonds is 9. The maximum atomic E-state index is 12.1. The monoisotopic (exact) mass is 570 g/mol. The lowest BCUT2D eigenvalue weighted by molar-refractivity contribution is -0.385. The maximum absolute atomic E-state index is 12.1. The van der Waals surface area contributed by atoms with E-state index in [-0.39, 0.29) is 17.2 Å². The number of amides is 2. The molecule has 2 amide bonds. The van der Waals surface area contributed by atoms with Crippen molar-refractivity contribution in [3.63, 3.8) is 0 Å². The Morgan fingerprint density at radius 1 is 0.690 bits per heavy atom. The molecule has 0 aliphatic heterocycles. The van der Waals surface area contributed by atoms with E-state index >= 15 is 0 Å². The van der Waals surface area contributed by atoms with E-state index in [2.05, 4.69) is 0 Å². The first-order valence-electron chi connectivity index (χ1n) is 13.0. The normalized spacial score (nSPS) is 10.1. The van der Waals surface area contributed by atoms with Crippen LogP contribution < -0.4 is 15.2 Å². The van der Waals surface area contributed by atoms with E-state index in [0.717, 1.165) is 11.1 Å². The van der Waals surface area contributed by atoms with Crippen LogP contribution in [0.2, 0.25) is 0 Å². The number of hydrogen-bond donors (Lipinski definition) is 1. The largest absolute Gasteiger partial charge is 0.489 e. The third-order valence-corrected chi connectivity index (χ3v) is 5.96. The molecule has 218 valence electrons. The molecule has 42 heavy (non-hydrogen) atoms. The number of ether oxygens (including phenoxy) is 2. The van der Waals surface area contributed by atoms with Crippen molar-refractivity contribution < 1.29 is 24.0 Å². The molecule has 0 fully saturated rings. The lowest BCUT2D eigenvalue weighted by Gasteiger charge is -2.14. The van der Waals surface area contributed by atoms with Crippen LogP contribution in [-0.4, -0.2) is 54.7 Å². The quantitative estimate of drug-likeness (QED) is 0.162. The molecule has 0 unspecified atom stereocenters. The highest BCUT2D eigenvalue weighted by atomic mass is 16.6. The van der Waals surface area contributed by atoms with Crippen LogP contribution >= 0.6 is 0 Å². The number of carbonyl (C=O) groups is 2. The summed E-state index contributed by atoms with van der Waals surface area (Å²) in [6.07, 6.45) is 0. The molecular formula is C32H34N4O6. The van der Waals surface area contributed by atoms with Gasteiger partial charge in [-0.3, -0.25) is 19.7 Å². The van der Waals surface area contributed by atoms with Crippen LogP contribution in [0, 0.1) is 10.1 Å². The van der Waals surface area contributed by atoms with Gasteiger partial charge < -0.3 is 25.0 Å². The predicted octanol–water partition coefficient (Wildman–Crippen LogP) is 5.43. The standard InChI is InChI=1S/C16H16N2O4.C16H18N2O2/c1-17(2)16(19)14-10-13(8-9-15(14)18(20)21)22-11-12-6-4-3-5-7-12;1-18(2)16(19)14-10-13(8-9-15(14)17)20-11-12-6-4-3-5-7-12/h3-10H,11H2,1-2H3;3-10H,11,17H2,1-2H3. The molecule has 4 aromatic carbocycles. The van der Waals surface area contributed by atoms with Gasteiger partial charge in [0.2, 0.25) is 0 Å². The second-order valence-corrected chi connectivity index (χ2v) is 9.63. The Bertz CT molecular complexity index is 1510. The first kappa shape index (κ1) is 31.2. The Labute approximate surface area is 245 Å². The Balaban J connectivity index is 0.000000231. The average Bonchev–Trinajstić information content (AvgIpc) is 3.00. The van der Waals surface area contributed by atoms with E-state index in [1.54, 1.807) is 46.4 Å². The Morgan fingerprint density at radius 2 is 1.12 bits per heavy atom. The lowest BCUT2D eigenvalue weighted by atomic mass is 10.1. The zero-order valence-corrected chi connectivity index (χ0v) is 24.0. The molecule has 4 aromatic rings. The summed E-state index contributed by atoms with van der Waals surface area (Å²) in [6, 6.07) is 28.7. The van der Waals surface area contributed by atoms with Gasteiger partial charge in [0.1, 0.15) is 30.3 Å². The van der Waals surface area contributed by atoms with Crippen LogP contribution in [0.15, 0.2) is 97.1 Å². The Kier molecular flexibility index (Phi) is 11.0. The van der Waals surface area contributed by atoms with Crippen LogP contribution in [0.4, 0.5) is 11.4 Å². The number of nitrogens with two attached hydrogens (primary N) is 1. The number of carbonyl (C=O) groups excluding carboxylic acids is 2. The summed E-state index contributed by atoms with van der Waals surface area (Å²) in [5, 5.41) is 11.0. The molecule has 10 nitrogen and oxygen atoms in total. The van der Waals surface area contributed by atoms with Crippen molar-refractivity contribution in [3.8, 4) is 11.5 Å². The summed E-state index contributed by atoms with van der Waals surface area (Å²) < 4.78 is 11.3. The zero-order chi connectivity index (χ0) is 30.6. The van der Waals surface area contributed by atoms with Crippen molar-refractivity contribution in [2.45, 2.75) is 13.2 Å². The summed E-state index contributed by atoms with van der Waals surface area (Å²) >= 11 is 0. The van der Waals surface area contributed by atoms with Gasteiger partial charge in [0.05, 0.1) is 10.5 Å². The van der Waals surface area contributed by atoms with Crippen LogP contribution in [0.3, 0.4) is 0 Å². The fraction of sp³-hybridized carbons (Fsp3) is 0.188. The smallest absolute Gasteiger partial charge is 0.282 e. The van der Waals surface area contributed by atoms with Crippen molar-refractivity contribution in [2.24, 2.45) is 0 Å². The summed E-state index contributed by atoms with van der Waals surface area (Å²) in [5.74, 6) is 0.484. The van der Waals surface area contributed by atoms with E-state index in [1.807, 2.05) is 60.7 Å². The summed E-state index contributed by atoms with van der Waals surface area (Å²) in [4.78, 5) is 37.3. The summed E-state index contributed by atoms with van der Waals surface area (Å²) in [5.41, 5.74) is 8.58. The summed E-state index contributed by atoms with van der Waals surface area (Å²) in [6.45, 7) is 0.786. The van der Waals surface area contributed by atoms with Crippen LogP contribution in [0.25, 0.3) is 0 Å². The van der Waals surface area contributed by atoms with Crippen molar-refractivity contribution in [1.29, 1.82) is 0 Å². The number of nitro benzene ring substituents is 1. The Morgan fingerprint density at radius 3 is 1.57 bits per heavy atom. The molecule has 0 atom stereocenters. The minimum absolute atomic E-state index is 0.0144. The second kappa shape index (κ2) is 14.8. The first-order chi connectivity index (χ1) is 20.1. The number of benzene rings is 4. The van der Waals surface area contributed by atoms with E-state index in [9.17, 15) is 19.7 Å². The third-order valence-electron chi connectivity index (χ3n) is 5.96. The molecule has 4 rings (SSSR count). The highest BCUT2D eigenvalue weighted by Crippen LogP contribution is 2.26. The molecule has 2 N–H and O–H groups in total. The molecule has 0 aliphatic carbocycles. The molecule has 0 saturated carbocycles. The number of hydrogen-bond acceptors (Lipinski definition) is 7. The topological polar surface area (TPSA) is 128 Å². The second-order valence-electron chi connectivity index (χ2n) is 9.63. The molecule has 10 heteroatoms. The van der Waals surface area contributed by atoms with E-state index < -0.39 is 10.8 Å². The van der Waals surface area contributed by atoms with E-state index in [1.165, 1.54) is 28.0 Å². The lowest BCUT2D eigenvalue weighted by Crippen LogP contribution is -2.22. The SMILES string of the molecule is CN(C)C(=O)c1cc(OCc2ccccc2)ccc1N.CN(C)C(=O)c1cc(OCc2ccccc2)ccc1[N+](=O)[O-].